The molecule has 2 aliphatic rings. The Kier molecular flexibility index (Phi) is 13.6. The molecule has 5 rings (SSSR count). The summed E-state index contributed by atoms with van der Waals surface area (Å²) in [6, 6.07) is 22.8. The topological polar surface area (TPSA) is 177 Å². The molecule has 6 atom stereocenters. The van der Waals surface area contributed by atoms with Gasteiger partial charge in [0.1, 0.15) is 12.1 Å². The molecule has 14 heteroatoms. The predicted octanol–water partition coefficient (Wildman–Crippen LogP) is 4.38. The fourth-order valence-corrected chi connectivity index (χ4v) is 6.60. The molecule has 3 aromatic rings. The molecule has 2 saturated heterocycles. The second-order valence-corrected chi connectivity index (χ2v) is 14.7. The first-order valence-corrected chi connectivity index (χ1v) is 18.1. The zero-order chi connectivity index (χ0) is 38.8. The summed E-state index contributed by atoms with van der Waals surface area (Å²) in [7, 11) is 1.22. The zero-order valence-electron chi connectivity index (χ0n) is 31.4. The number of rotatable bonds is 14. The van der Waals surface area contributed by atoms with Gasteiger partial charge in [-0.15, -0.1) is 0 Å². The van der Waals surface area contributed by atoms with Crippen molar-refractivity contribution in [2.45, 2.75) is 77.7 Å². The molecule has 54 heavy (non-hydrogen) atoms. The summed E-state index contributed by atoms with van der Waals surface area (Å²) < 4.78 is 21.8. The Balaban J connectivity index is 1.36. The van der Waals surface area contributed by atoms with Crippen LogP contribution >= 0.6 is 0 Å². The smallest absolute Gasteiger partial charge is 0.407 e. The molecule has 0 saturated carbocycles. The molecule has 3 aromatic carbocycles. The Bertz CT molecular complexity index is 1730. The maximum absolute atomic E-state index is 13.7. The number of aliphatic hydroxyl groups excluding tert-OH is 1. The minimum Gasteiger partial charge on any atom is -0.453 e. The Morgan fingerprint density at radius 1 is 0.907 bits per heavy atom. The van der Waals surface area contributed by atoms with Crippen molar-refractivity contribution in [1.82, 2.24) is 21.1 Å². The molecule has 0 bridgehead atoms. The molecular formula is C40H51N5O9. The van der Waals surface area contributed by atoms with Gasteiger partial charge in [0.2, 0.25) is 5.91 Å². The van der Waals surface area contributed by atoms with Crippen LogP contribution in [0.3, 0.4) is 0 Å². The largest absolute Gasteiger partial charge is 0.453 e. The molecule has 2 fully saturated rings. The maximum Gasteiger partial charge on any atom is 0.407 e. The monoisotopic (exact) mass is 745 g/mol. The number of methoxy groups -OCH3 is 1. The highest BCUT2D eigenvalue weighted by molar-refractivity contribution is 5.89. The number of ether oxygens (including phenoxy) is 4. The van der Waals surface area contributed by atoms with Gasteiger partial charge in [-0.3, -0.25) is 15.0 Å². The predicted molar refractivity (Wildman–Crippen MR) is 201 cm³/mol. The number of carbonyl (C=O) groups excluding carboxylic acids is 4. The highest BCUT2D eigenvalue weighted by Crippen LogP contribution is 2.33. The zero-order valence-corrected chi connectivity index (χ0v) is 31.4. The number of hydrazine groups is 1. The number of fused-ring (bicyclic) bond motifs is 1. The number of alkyl carbamates (subject to hydrolysis) is 2. The normalized spacial score (nSPS) is 19.6. The lowest BCUT2D eigenvalue weighted by Gasteiger charge is -2.34. The first-order valence-electron chi connectivity index (χ1n) is 18.1. The molecule has 0 unspecified atom stereocenters. The summed E-state index contributed by atoms with van der Waals surface area (Å²) in [5.74, 6) is -0.738. The number of anilines is 1. The van der Waals surface area contributed by atoms with Crippen LogP contribution in [0.4, 0.5) is 15.3 Å². The van der Waals surface area contributed by atoms with Crippen LogP contribution in [0, 0.1) is 11.3 Å². The van der Waals surface area contributed by atoms with Crippen molar-refractivity contribution in [2.75, 3.05) is 32.2 Å². The number of hydrogen-bond donors (Lipinski definition) is 5. The van der Waals surface area contributed by atoms with E-state index in [0.29, 0.717) is 18.7 Å². The van der Waals surface area contributed by atoms with E-state index in [-0.39, 0.29) is 37.9 Å². The molecule has 5 N–H and O–H groups in total. The van der Waals surface area contributed by atoms with E-state index < -0.39 is 54.1 Å². The Hall–Kier alpha value is -5.02. The average Bonchev–Trinajstić information content (AvgIpc) is 3.75. The van der Waals surface area contributed by atoms with Crippen molar-refractivity contribution in [3.05, 3.63) is 90.0 Å². The number of amides is 4. The number of benzene rings is 3. The van der Waals surface area contributed by atoms with Gasteiger partial charge in [0.15, 0.2) is 6.29 Å². The van der Waals surface area contributed by atoms with Gasteiger partial charge in [-0.1, -0.05) is 87.5 Å². The fraction of sp³-hybridized carbons (Fsp3) is 0.450. The molecule has 4 amide bonds. The van der Waals surface area contributed by atoms with Gasteiger partial charge >= 0.3 is 12.2 Å². The molecule has 0 aliphatic carbocycles. The van der Waals surface area contributed by atoms with E-state index in [4.69, 9.17) is 18.9 Å². The standard InChI is InChI=1S/C40H51N5O9/c1-25(46)41-30-13-9-12-29(21-30)28-16-14-26(15-17-28)20-32(42-39(50)54-34-24-53-37-31(34)18-19-52-37)33(47)23-45(22-27-10-7-6-8-11-27)44-36(48)35(40(2,3)4)43-38(49)51-5/h6-17,21,31-35,37,47H,18-20,22-24H2,1-5H3,(H,41,46)(H,42,50)(H,43,49)(H,44,48)/t31-,32-,33-,34-,35+,37+/m0/s1. The van der Waals surface area contributed by atoms with Gasteiger partial charge in [-0.25, -0.2) is 14.6 Å². The van der Waals surface area contributed by atoms with Crippen molar-refractivity contribution in [2.24, 2.45) is 11.3 Å². The van der Waals surface area contributed by atoms with Gasteiger partial charge in [-0.05, 0) is 52.6 Å². The van der Waals surface area contributed by atoms with Crippen LogP contribution < -0.4 is 21.4 Å². The van der Waals surface area contributed by atoms with Crippen LogP contribution in [0.15, 0.2) is 78.9 Å². The van der Waals surface area contributed by atoms with E-state index in [9.17, 15) is 24.3 Å². The average molecular weight is 746 g/mol. The van der Waals surface area contributed by atoms with E-state index >= 15 is 0 Å². The summed E-state index contributed by atoms with van der Waals surface area (Å²) >= 11 is 0. The van der Waals surface area contributed by atoms with Gasteiger partial charge in [-0.2, -0.15) is 0 Å². The van der Waals surface area contributed by atoms with Crippen molar-refractivity contribution in [1.29, 1.82) is 0 Å². The molecule has 2 heterocycles. The number of nitrogens with zero attached hydrogens (tertiary/aromatic N) is 1. The summed E-state index contributed by atoms with van der Waals surface area (Å²) in [5.41, 5.74) is 6.38. The summed E-state index contributed by atoms with van der Waals surface area (Å²) in [6.45, 7) is 7.76. The van der Waals surface area contributed by atoms with Gasteiger partial charge in [0.05, 0.1) is 38.4 Å². The second-order valence-electron chi connectivity index (χ2n) is 14.7. The van der Waals surface area contributed by atoms with Crippen molar-refractivity contribution >= 4 is 29.7 Å². The van der Waals surface area contributed by atoms with Crippen LogP contribution in [-0.4, -0.2) is 91.6 Å². The minimum absolute atomic E-state index is 0.0678. The van der Waals surface area contributed by atoms with Crippen LogP contribution in [0.2, 0.25) is 0 Å². The van der Waals surface area contributed by atoms with Crippen LogP contribution in [0.5, 0.6) is 0 Å². The maximum atomic E-state index is 13.7. The molecule has 2 aliphatic heterocycles. The number of nitrogens with one attached hydrogen (secondary N) is 4. The molecule has 0 aromatic heterocycles. The van der Waals surface area contributed by atoms with Crippen LogP contribution in [0.1, 0.15) is 45.2 Å². The Labute approximate surface area is 315 Å². The Morgan fingerprint density at radius 3 is 2.33 bits per heavy atom. The molecule has 290 valence electrons. The first kappa shape index (κ1) is 40.2. The van der Waals surface area contributed by atoms with Crippen molar-refractivity contribution < 1.29 is 43.2 Å². The van der Waals surface area contributed by atoms with E-state index in [1.54, 1.807) is 5.01 Å². The first-order chi connectivity index (χ1) is 25.8. The molecule has 0 spiro atoms. The van der Waals surface area contributed by atoms with Crippen LogP contribution in [0.25, 0.3) is 11.1 Å². The number of hydrogen-bond acceptors (Lipinski definition) is 10. The number of aliphatic hydroxyl groups is 1. The van der Waals surface area contributed by atoms with E-state index in [2.05, 4.69) is 21.4 Å². The van der Waals surface area contributed by atoms with Gasteiger partial charge in [0, 0.05) is 25.7 Å². The SMILES string of the molecule is COC(=O)N[C@H](C(=O)NN(Cc1ccccc1)C[C@H](O)[C@H](Cc1ccc(-c2cccc(NC(C)=O)c2)cc1)NC(=O)O[C@H]1CO[C@H]2OCC[C@H]21)C(C)(C)C. The third kappa shape index (κ3) is 11.2. The molecule has 14 nitrogen and oxygen atoms in total. The second kappa shape index (κ2) is 18.3. The molecule has 0 radical (unpaired) electrons. The van der Waals surface area contributed by atoms with Gasteiger partial charge < -0.3 is 40.0 Å². The fourth-order valence-electron chi connectivity index (χ4n) is 6.60. The van der Waals surface area contributed by atoms with E-state index in [0.717, 1.165) is 22.3 Å². The summed E-state index contributed by atoms with van der Waals surface area (Å²) in [4.78, 5) is 50.9. The lowest BCUT2D eigenvalue weighted by molar-refractivity contribution is -0.131. The Morgan fingerprint density at radius 2 is 1.65 bits per heavy atom. The lowest BCUT2D eigenvalue weighted by atomic mass is 9.86. The molecular weight excluding hydrogens is 694 g/mol. The third-order valence-corrected chi connectivity index (χ3v) is 9.40. The minimum atomic E-state index is -1.21. The third-order valence-electron chi connectivity index (χ3n) is 9.40. The quantitative estimate of drug-likeness (QED) is 0.149. The summed E-state index contributed by atoms with van der Waals surface area (Å²) in [6.07, 6.45) is -2.63. The highest BCUT2D eigenvalue weighted by atomic mass is 16.7. The van der Waals surface area contributed by atoms with E-state index in [1.807, 2.05) is 99.6 Å². The van der Waals surface area contributed by atoms with Crippen LogP contribution in [-0.2, 0) is 41.5 Å². The summed E-state index contributed by atoms with van der Waals surface area (Å²) in [5, 5.41) is 21.7. The number of carbonyl (C=O) groups is 4. The lowest BCUT2D eigenvalue weighted by Crippen LogP contribution is -2.59. The van der Waals surface area contributed by atoms with Crippen molar-refractivity contribution in [3.8, 4) is 11.1 Å². The van der Waals surface area contributed by atoms with Crippen molar-refractivity contribution in [3.63, 3.8) is 0 Å². The van der Waals surface area contributed by atoms with Gasteiger partial charge in [0.25, 0.3) is 5.91 Å². The highest BCUT2D eigenvalue weighted by Gasteiger charge is 2.44. The van der Waals surface area contributed by atoms with E-state index in [1.165, 1.54) is 14.0 Å².